The van der Waals surface area contributed by atoms with E-state index in [4.69, 9.17) is 26.4 Å². The number of aromatic carboxylic acids is 1. The summed E-state index contributed by atoms with van der Waals surface area (Å²) in [6.07, 6.45) is 1.61. The molecule has 11 nitrogen and oxygen atoms in total. The van der Waals surface area contributed by atoms with E-state index in [-0.39, 0.29) is 35.9 Å². The molecular formula is C29H24ClF3N6O5S. The number of carboxylic acid groups (broad SMARTS) is 1. The number of anilines is 1. The number of nitrogens with zero attached hydrogens (tertiary/aromatic N) is 5. The van der Waals surface area contributed by atoms with Gasteiger partial charge in [-0.25, -0.2) is 32.5 Å². The highest BCUT2D eigenvalue weighted by molar-refractivity contribution is 7.11. The lowest BCUT2D eigenvalue weighted by molar-refractivity contribution is -0.136. The monoisotopic (exact) mass is 660 g/mol. The number of hydrogen-bond donors (Lipinski definition) is 2. The Labute approximate surface area is 263 Å². The van der Waals surface area contributed by atoms with Crippen LogP contribution in [0.2, 0.25) is 5.02 Å². The lowest BCUT2D eigenvalue weighted by atomic mass is 9.95. The number of carbonyl (C=O) groups excluding carboxylic acids is 2. The lowest BCUT2D eigenvalue weighted by Gasteiger charge is -2.38. The van der Waals surface area contributed by atoms with E-state index in [0.29, 0.717) is 35.2 Å². The number of piperazine rings is 1. The Kier molecular flexibility index (Phi) is 8.24. The number of carboxylic acids is 1. The molecule has 16 heteroatoms. The first-order valence-corrected chi connectivity index (χ1v) is 14.9. The molecule has 2 saturated heterocycles. The van der Waals surface area contributed by atoms with E-state index in [9.17, 15) is 27.6 Å². The van der Waals surface area contributed by atoms with Crippen LogP contribution in [0.1, 0.15) is 27.0 Å². The Morgan fingerprint density at radius 2 is 1.96 bits per heavy atom. The Morgan fingerprint density at radius 1 is 1.16 bits per heavy atom. The number of urea groups is 1. The van der Waals surface area contributed by atoms with Crippen LogP contribution >= 0.6 is 22.9 Å². The number of fused-ring (bicyclic) bond motifs is 1. The lowest BCUT2D eigenvalue weighted by Crippen LogP contribution is -2.53. The summed E-state index contributed by atoms with van der Waals surface area (Å²) in [5.74, 6) is -5.43. The van der Waals surface area contributed by atoms with E-state index >= 15 is 0 Å². The molecule has 3 aliphatic rings. The van der Waals surface area contributed by atoms with Gasteiger partial charge in [-0.1, -0.05) is 17.7 Å². The Balaban J connectivity index is 1.30. The van der Waals surface area contributed by atoms with Crippen LogP contribution in [0.25, 0.3) is 0 Å². The quantitative estimate of drug-likeness (QED) is 0.364. The molecule has 0 saturated carbocycles. The molecule has 2 atom stereocenters. The number of rotatable bonds is 7. The predicted molar refractivity (Wildman–Crippen MR) is 158 cm³/mol. The predicted octanol–water partition coefficient (Wildman–Crippen LogP) is 4.06. The van der Waals surface area contributed by atoms with E-state index in [2.05, 4.69) is 10.3 Å². The summed E-state index contributed by atoms with van der Waals surface area (Å²) in [6.45, 7) is 1.13. The highest BCUT2D eigenvalue weighted by Gasteiger charge is 2.43. The van der Waals surface area contributed by atoms with Gasteiger partial charge >= 0.3 is 18.0 Å². The molecule has 0 spiro atoms. The maximum Gasteiger partial charge on any atom is 0.338 e. The number of hydrogen-bond acceptors (Lipinski definition) is 9. The molecule has 45 heavy (non-hydrogen) atoms. The van der Waals surface area contributed by atoms with Crippen molar-refractivity contribution in [2.45, 2.75) is 12.1 Å². The van der Waals surface area contributed by atoms with Gasteiger partial charge < -0.3 is 20.1 Å². The van der Waals surface area contributed by atoms with Gasteiger partial charge in [-0.2, -0.15) is 0 Å². The van der Waals surface area contributed by atoms with Crippen LogP contribution in [-0.4, -0.2) is 89.6 Å². The molecule has 234 valence electrons. The summed E-state index contributed by atoms with van der Waals surface area (Å²) >= 11 is 7.75. The average molecular weight is 661 g/mol. The van der Waals surface area contributed by atoms with Crippen LogP contribution < -0.4 is 10.2 Å². The smallest absolute Gasteiger partial charge is 0.338 e. The summed E-state index contributed by atoms with van der Waals surface area (Å²) in [5.41, 5.74) is -0.191. The third kappa shape index (κ3) is 5.62. The van der Waals surface area contributed by atoms with Crippen molar-refractivity contribution in [1.82, 2.24) is 20.1 Å². The summed E-state index contributed by atoms with van der Waals surface area (Å²) < 4.78 is 48.4. The molecule has 4 heterocycles. The zero-order valence-electron chi connectivity index (χ0n) is 23.5. The maximum atomic E-state index is 14.9. The maximum absolute atomic E-state index is 14.9. The first-order chi connectivity index (χ1) is 21.6. The normalized spacial score (nSPS) is 20.2. The largest absolute Gasteiger partial charge is 0.478 e. The zero-order valence-corrected chi connectivity index (χ0v) is 25.0. The fourth-order valence-electron chi connectivity index (χ4n) is 5.72. The molecule has 0 radical (unpaired) electrons. The number of esters is 1. The van der Waals surface area contributed by atoms with Crippen molar-refractivity contribution >= 4 is 52.4 Å². The van der Waals surface area contributed by atoms with Crippen molar-refractivity contribution in [3.63, 3.8) is 0 Å². The molecular weight excluding hydrogens is 637 g/mol. The molecule has 2 fully saturated rings. The Morgan fingerprint density at radius 3 is 2.64 bits per heavy atom. The van der Waals surface area contributed by atoms with Crippen molar-refractivity contribution in [3.05, 3.63) is 91.8 Å². The van der Waals surface area contributed by atoms with Crippen LogP contribution in [0.3, 0.4) is 0 Å². The molecule has 0 bridgehead atoms. The second-order valence-corrected chi connectivity index (χ2v) is 11.7. The van der Waals surface area contributed by atoms with Crippen molar-refractivity contribution in [2.24, 2.45) is 4.99 Å². The van der Waals surface area contributed by atoms with Gasteiger partial charge in [0.15, 0.2) is 22.5 Å². The van der Waals surface area contributed by atoms with Gasteiger partial charge in [0.25, 0.3) is 0 Å². The highest BCUT2D eigenvalue weighted by Crippen LogP contribution is 2.37. The molecule has 2 N–H and O–H groups in total. The standard InChI is InChI=1S/C29H24ClF3N6O5S/c1-44-28(42)21-19(35-25(26-34-6-9-45-26)36-24(21)16-3-2-14(31)10-18(16)30)13-37-7-8-38-15(11-37)12-39(29(38)43)20-5-4-17(27(40)41)22(32)23(20)33/h2-6,9-10,15,24H,7-8,11-13H2,1H3,(H,35,36)(H,40,41)/t15-,24-/m0/s1. The van der Waals surface area contributed by atoms with E-state index in [1.807, 2.05) is 4.90 Å². The minimum atomic E-state index is -1.62. The van der Waals surface area contributed by atoms with Crippen molar-refractivity contribution in [1.29, 1.82) is 0 Å². The Hall–Kier alpha value is -4.47. The van der Waals surface area contributed by atoms with E-state index in [1.165, 1.54) is 30.6 Å². The minimum Gasteiger partial charge on any atom is -0.478 e. The third-order valence-corrected chi connectivity index (χ3v) is 8.93. The Bertz CT molecular complexity index is 1770. The zero-order chi connectivity index (χ0) is 32.0. The number of aromatic nitrogens is 1. The van der Waals surface area contributed by atoms with Gasteiger partial charge in [0.2, 0.25) is 0 Å². The fraction of sp³-hybridized carbons (Fsp3) is 0.276. The number of aliphatic imine (C=N–C) groups is 1. The van der Waals surface area contributed by atoms with E-state index < -0.39 is 53.1 Å². The average Bonchev–Trinajstić information content (AvgIpc) is 3.66. The van der Waals surface area contributed by atoms with Gasteiger partial charge in [-0.15, -0.1) is 11.3 Å². The summed E-state index contributed by atoms with van der Waals surface area (Å²) in [6, 6.07) is 3.92. The van der Waals surface area contributed by atoms with Gasteiger partial charge in [0.05, 0.1) is 30.0 Å². The second-order valence-electron chi connectivity index (χ2n) is 10.4. The van der Waals surface area contributed by atoms with Crippen LogP contribution in [0, 0.1) is 17.5 Å². The van der Waals surface area contributed by atoms with Gasteiger partial charge in [0.1, 0.15) is 11.9 Å². The molecule has 6 rings (SSSR count). The summed E-state index contributed by atoms with van der Waals surface area (Å²) in [7, 11) is 1.23. The number of amidine groups is 1. The number of methoxy groups -OCH3 is 1. The fourth-order valence-corrected chi connectivity index (χ4v) is 6.58. The molecule has 0 aliphatic carbocycles. The van der Waals surface area contributed by atoms with Crippen molar-refractivity contribution in [3.8, 4) is 0 Å². The third-order valence-electron chi connectivity index (χ3n) is 7.82. The number of benzene rings is 2. The van der Waals surface area contributed by atoms with Crippen LogP contribution in [0.5, 0.6) is 0 Å². The van der Waals surface area contributed by atoms with Crippen LogP contribution in [-0.2, 0) is 9.53 Å². The topological polar surface area (TPSA) is 128 Å². The number of amides is 2. The minimum absolute atomic E-state index is 0.0219. The second kappa shape index (κ2) is 12.1. The van der Waals surface area contributed by atoms with Crippen LogP contribution in [0.4, 0.5) is 23.7 Å². The van der Waals surface area contributed by atoms with Gasteiger partial charge in [-0.3, -0.25) is 14.8 Å². The van der Waals surface area contributed by atoms with Crippen molar-refractivity contribution < 1.29 is 37.4 Å². The highest BCUT2D eigenvalue weighted by atomic mass is 35.5. The van der Waals surface area contributed by atoms with Gasteiger partial charge in [0, 0.05) is 60.6 Å². The number of thiazole rings is 1. The van der Waals surface area contributed by atoms with Crippen LogP contribution in [0.15, 0.2) is 58.2 Å². The van der Waals surface area contributed by atoms with Gasteiger partial charge in [-0.05, 0) is 24.3 Å². The van der Waals surface area contributed by atoms with E-state index in [1.54, 1.807) is 16.5 Å². The molecule has 1 aromatic heterocycles. The molecule has 3 aromatic rings. The molecule has 3 aliphatic heterocycles. The SMILES string of the molecule is COC(=O)C1=C(CN2CCN3C(=O)N(c4ccc(C(=O)O)c(F)c4F)C[C@@H]3C2)NC(c2nccs2)=N[C@H]1c1ccc(F)cc1Cl. The summed E-state index contributed by atoms with van der Waals surface area (Å²) in [4.78, 5) is 51.3. The number of nitrogens with one attached hydrogen (secondary N) is 1. The number of halogens is 4. The summed E-state index contributed by atoms with van der Waals surface area (Å²) in [5, 5.41) is 14.7. The first-order valence-electron chi connectivity index (χ1n) is 13.6. The molecule has 0 unspecified atom stereocenters. The molecule has 2 aromatic carbocycles. The van der Waals surface area contributed by atoms with Crippen molar-refractivity contribution in [2.75, 3.05) is 44.7 Å². The first kappa shape index (κ1) is 30.6. The number of ether oxygens (including phenoxy) is 1. The van der Waals surface area contributed by atoms with E-state index in [0.717, 1.165) is 23.1 Å². The molecule has 2 amide bonds. The number of carbonyl (C=O) groups is 3.